The van der Waals surface area contributed by atoms with Gasteiger partial charge in [0.2, 0.25) is 0 Å². The van der Waals surface area contributed by atoms with E-state index in [2.05, 4.69) is 20.8 Å². The predicted octanol–water partition coefficient (Wildman–Crippen LogP) is 5.33. The van der Waals surface area contributed by atoms with E-state index >= 15 is 0 Å². The largest absolute Gasteiger partial charge is 0.230 e. The second-order valence-electron chi connectivity index (χ2n) is 6.89. The summed E-state index contributed by atoms with van der Waals surface area (Å²) >= 11 is 0. The average molecular weight is 266 g/mol. The summed E-state index contributed by atoms with van der Waals surface area (Å²) in [4.78, 5) is 10.8. The Labute approximate surface area is 119 Å². The van der Waals surface area contributed by atoms with Gasteiger partial charge in [-0.3, -0.25) is 0 Å². The minimum atomic E-state index is -0.422. The maximum absolute atomic E-state index is 5.48. The summed E-state index contributed by atoms with van der Waals surface area (Å²) < 4.78 is 0. The van der Waals surface area contributed by atoms with Crippen LogP contribution in [0.25, 0.3) is 0 Å². The van der Waals surface area contributed by atoms with Gasteiger partial charge in [-0.25, -0.2) is 9.78 Å². The zero-order chi connectivity index (χ0) is 15.1. The molecule has 0 fully saturated rings. The maximum Gasteiger partial charge on any atom is 0.123 e. The van der Waals surface area contributed by atoms with Gasteiger partial charge in [0.25, 0.3) is 0 Å². The number of benzene rings is 1. The summed E-state index contributed by atoms with van der Waals surface area (Å²) in [5.74, 6) is 0.833. The first-order valence-electron chi connectivity index (χ1n) is 6.97. The van der Waals surface area contributed by atoms with Crippen LogP contribution in [0.3, 0.4) is 0 Å². The Morgan fingerprint density at radius 1 is 0.789 bits per heavy atom. The molecule has 19 heavy (non-hydrogen) atoms. The van der Waals surface area contributed by atoms with E-state index in [0.717, 1.165) is 11.5 Å². The second-order valence-corrected chi connectivity index (χ2v) is 6.89. The molecule has 1 rings (SSSR count). The van der Waals surface area contributed by atoms with Gasteiger partial charge in [-0.1, -0.05) is 51.1 Å². The van der Waals surface area contributed by atoms with Crippen LogP contribution in [0.2, 0.25) is 0 Å². The fourth-order valence-corrected chi connectivity index (χ4v) is 1.12. The molecule has 1 aromatic rings. The highest BCUT2D eigenvalue weighted by Crippen LogP contribution is 2.26. The molecule has 0 aliphatic carbocycles. The third-order valence-corrected chi connectivity index (χ3v) is 1.97. The van der Waals surface area contributed by atoms with Crippen molar-refractivity contribution in [2.45, 2.75) is 66.6 Å². The molecule has 0 radical (unpaired) electrons. The third-order valence-electron chi connectivity index (χ3n) is 1.97. The third kappa shape index (κ3) is 9.69. The quantitative estimate of drug-likeness (QED) is 0.543. The Kier molecular flexibility index (Phi) is 7.32. The monoisotopic (exact) mass is 266 g/mol. The Morgan fingerprint density at radius 3 is 1.58 bits per heavy atom. The summed E-state index contributed by atoms with van der Waals surface area (Å²) in [6.07, 6.45) is 0. The summed E-state index contributed by atoms with van der Waals surface area (Å²) in [6, 6.07) is 10.1. The van der Waals surface area contributed by atoms with E-state index in [1.807, 2.05) is 65.0 Å². The van der Waals surface area contributed by atoms with Crippen LogP contribution >= 0.6 is 0 Å². The van der Waals surface area contributed by atoms with E-state index in [-0.39, 0.29) is 5.60 Å². The van der Waals surface area contributed by atoms with Crippen molar-refractivity contribution < 1.29 is 9.78 Å². The predicted molar refractivity (Wildman–Crippen MR) is 81.9 cm³/mol. The summed E-state index contributed by atoms with van der Waals surface area (Å²) in [7, 11) is 0. The minimum Gasteiger partial charge on any atom is -0.230 e. The normalized spacial score (nSPS) is 12.1. The van der Waals surface area contributed by atoms with Crippen molar-refractivity contribution in [2.24, 2.45) is 5.92 Å². The van der Waals surface area contributed by atoms with Crippen molar-refractivity contribution in [2.75, 3.05) is 0 Å². The van der Waals surface area contributed by atoms with Gasteiger partial charge in [0.05, 0.1) is 5.60 Å². The lowest BCUT2D eigenvalue weighted by Gasteiger charge is -2.28. The van der Waals surface area contributed by atoms with E-state index in [9.17, 15) is 0 Å². The molecular formula is C17H30O2. The van der Waals surface area contributed by atoms with Crippen LogP contribution < -0.4 is 0 Å². The van der Waals surface area contributed by atoms with Gasteiger partial charge in [-0.15, -0.1) is 0 Å². The first-order valence-corrected chi connectivity index (χ1v) is 6.97. The zero-order valence-electron chi connectivity index (χ0n) is 13.8. The van der Waals surface area contributed by atoms with Crippen molar-refractivity contribution in [3.63, 3.8) is 0 Å². The van der Waals surface area contributed by atoms with Crippen LogP contribution in [0, 0.1) is 5.92 Å². The molecule has 0 aliphatic heterocycles. The molecular weight excluding hydrogens is 236 g/mol. The molecule has 0 amide bonds. The van der Waals surface area contributed by atoms with Crippen LogP contribution in [-0.2, 0) is 15.4 Å². The van der Waals surface area contributed by atoms with Crippen LogP contribution in [0.5, 0.6) is 0 Å². The van der Waals surface area contributed by atoms with Crippen LogP contribution in [-0.4, -0.2) is 5.60 Å². The lowest BCUT2D eigenvalue weighted by Crippen LogP contribution is -2.28. The molecule has 2 nitrogen and oxygen atoms in total. The Morgan fingerprint density at radius 2 is 1.21 bits per heavy atom. The Balaban J connectivity index is 0.000000711. The first kappa shape index (κ1) is 18.1. The van der Waals surface area contributed by atoms with Crippen LogP contribution in [0.1, 0.15) is 61.0 Å². The summed E-state index contributed by atoms with van der Waals surface area (Å²) in [5, 5.41) is 0. The molecule has 0 N–H and O–H groups in total. The molecule has 0 spiro atoms. The molecule has 0 aliphatic rings. The van der Waals surface area contributed by atoms with E-state index in [1.165, 1.54) is 0 Å². The molecule has 110 valence electrons. The summed E-state index contributed by atoms with van der Waals surface area (Å²) in [6.45, 7) is 16.4. The number of hydrogen-bond acceptors (Lipinski definition) is 2. The highest BCUT2D eigenvalue weighted by molar-refractivity contribution is 5.20. The Bertz CT molecular complexity index is 331. The highest BCUT2D eigenvalue weighted by Gasteiger charge is 2.25. The topological polar surface area (TPSA) is 18.5 Å². The van der Waals surface area contributed by atoms with Gasteiger partial charge in [0.15, 0.2) is 0 Å². The lowest BCUT2D eigenvalue weighted by atomic mass is 9.99. The Hall–Kier alpha value is -0.860. The molecule has 0 saturated carbocycles. The van der Waals surface area contributed by atoms with Crippen molar-refractivity contribution in [1.29, 1.82) is 0 Å². The molecule has 0 atom stereocenters. The molecule has 0 unspecified atom stereocenters. The second kappa shape index (κ2) is 7.66. The molecule has 0 heterocycles. The van der Waals surface area contributed by atoms with Crippen LogP contribution in [0.4, 0.5) is 0 Å². The number of hydrogen-bond donors (Lipinski definition) is 0. The lowest BCUT2D eigenvalue weighted by molar-refractivity contribution is -0.401. The van der Waals surface area contributed by atoms with Crippen LogP contribution in [0.15, 0.2) is 30.3 Å². The first-order chi connectivity index (χ1) is 8.54. The van der Waals surface area contributed by atoms with Gasteiger partial charge in [-0.05, 0) is 46.1 Å². The number of rotatable bonds is 3. The fourth-order valence-electron chi connectivity index (χ4n) is 1.12. The van der Waals surface area contributed by atoms with Gasteiger partial charge in [0.1, 0.15) is 5.60 Å². The van der Waals surface area contributed by atoms with Gasteiger partial charge in [-0.2, -0.15) is 0 Å². The summed E-state index contributed by atoms with van der Waals surface area (Å²) in [5.41, 5.74) is 0.398. The standard InChI is InChI=1S/C13H20O2.C4H10/c1-12(2,3)14-15-13(4,5)11-9-7-6-8-10-11;1-4(2)3/h6-10H,1-5H3;4H,1-3H3. The molecule has 0 bridgehead atoms. The average Bonchev–Trinajstić information content (AvgIpc) is 2.26. The molecule has 1 aromatic carbocycles. The van der Waals surface area contributed by atoms with Crippen molar-refractivity contribution in [1.82, 2.24) is 0 Å². The van der Waals surface area contributed by atoms with Crippen molar-refractivity contribution in [3.8, 4) is 0 Å². The van der Waals surface area contributed by atoms with E-state index in [4.69, 9.17) is 9.78 Å². The van der Waals surface area contributed by atoms with Gasteiger partial charge >= 0.3 is 0 Å². The molecule has 0 saturated heterocycles. The van der Waals surface area contributed by atoms with E-state index < -0.39 is 5.60 Å². The fraction of sp³-hybridized carbons (Fsp3) is 0.647. The van der Waals surface area contributed by atoms with Crippen molar-refractivity contribution in [3.05, 3.63) is 35.9 Å². The smallest absolute Gasteiger partial charge is 0.123 e. The molecule has 2 heteroatoms. The SMILES string of the molecule is CC(C)(C)OOC(C)(C)c1ccccc1.CC(C)C. The van der Waals surface area contributed by atoms with Crippen molar-refractivity contribution >= 4 is 0 Å². The molecule has 0 aromatic heterocycles. The highest BCUT2D eigenvalue weighted by atomic mass is 17.2. The van der Waals surface area contributed by atoms with Gasteiger partial charge in [0, 0.05) is 0 Å². The van der Waals surface area contributed by atoms with E-state index in [0.29, 0.717) is 0 Å². The van der Waals surface area contributed by atoms with Gasteiger partial charge < -0.3 is 0 Å². The van der Waals surface area contributed by atoms with E-state index in [1.54, 1.807) is 0 Å². The maximum atomic E-state index is 5.48. The zero-order valence-corrected chi connectivity index (χ0v) is 13.8. The minimum absolute atomic E-state index is 0.286.